The number of carbonyl (C=O) groups is 15. The monoisotopic (exact) mass is 1900 g/mol. The van der Waals surface area contributed by atoms with Gasteiger partial charge in [0.05, 0.1) is 18.9 Å². The first-order valence-electron chi connectivity index (χ1n) is 45.7. The molecule has 0 spiro atoms. The Labute approximate surface area is 791 Å². The molecule has 730 valence electrons. The highest BCUT2D eigenvalue weighted by molar-refractivity contribution is 8.00. The lowest BCUT2D eigenvalue weighted by Gasteiger charge is -2.38. The summed E-state index contributed by atoms with van der Waals surface area (Å²) in [5.41, 5.74) is 21.0. The molecule has 4 heterocycles. The normalized spacial score (nSPS) is 23.3. The van der Waals surface area contributed by atoms with Crippen molar-refractivity contribution in [3.8, 4) is 5.75 Å². The van der Waals surface area contributed by atoms with Crippen molar-refractivity contribution in [3.05, 3.63) is 208 Å². The van der Waals surface area contributed by atoms with Crippen molar-refractivity contribution in [2.24, 2.45) is 23.1 Å². The van der Waals surface area contributed by atoms with Crippen LogP contribution in [0.2, 0.25) is 0 Å². The number of hydrogen-bond acceptors (Lipinski definition) is 20. The van der Waals surface area contributed by atoms with Gasteiger partial charge in [-0.05, 0) is 133 Å². The van der Waals surface area contributed by atoms with E-state index in [0.717, 1.165) is 20.3 Å². The number of nitrogens with one attached hydrogen (secondary N) is 10. The number of aliphatic hydroxyl groups excluding tert-OH is 1. The van der Waals surface area contributed by atoms with Crippen LogP contribution in [0.15, 0.2) is 152 Å². The van der Waals surface area contributed by atoms with E-state index in [4.69, 9.17) is 17.2 Å². The van der Waals surface area contributed by atoms with Crippen molar-refractivity contribution >= 4 is 111 Å². The lowest BCUT2D eigenvalue weighted by atomic mass is 9.98. The van der Waals surface area contributed by atoms with E-state index < -0.39 is 222 Å². The van der Waals surface area contributed by atoms with E-state index >= 15 is 56.7 Å². The van der Waals surface area contributed by atoms with E-state index in [1.165, 1.54) is 55.2 Å². The average Bonchev–Trinajstić information content (AvgIpc) is 1.13. The van der Waals surface area contributed by atoms with E-state index in [9.17, 15) is 38.6 Å². The summed E-state index contributed by atoms with van der Waals surface area (Å²) in [6.07, 6.45) is 1.30. The molecule has 39 heteroatoms. The van der Waals surface area contributed by atoms with Gasteiger partial charge in [-0.3, -0.25) is 71.9 Å². The predicted octanol–water partition coefficient (Wildman–Crippen LogP) is 2.16. The smallest absolute Gasteiger partial charge is 0.246 e. The van der Waals surface area contributed by atoms with Crippen molar-refractivity contribution in [3.63, 3.8) is 0 Å². The number of carbonyl (C=O) groups excluding carboxylic acids is 15. The average molecular weight is 1900 g/mol. The van der Waals surface area contributed by atoms with Crippen molar-refractivity contribution in [1.82, 2.24) is 77.3 Å². The Bertz CT molecular complexity index is 5350. The molecule has 15 amide bonds. The largest absolute Gasteiger partial charge is 0.508 e. The molecule has 0 saturated carbocycles. The molecule has 0 radical (unpaired) electrons. The summed E-state index contributed by atoms with van der Waals surface area (Å²) in [5.74, 6) is -21.1. The van der Waals surface area contributed by atoms with E-state index in [-0.39, 0.29) is 121 Å². The second-order valence-corrected chi connectivity index (χ2v) is 35.9. The minimum absolute atomic E-state index is 0.00490. The van der Waals surface area contributed by atoms with Crippen molar-refractivity contribution in [1.29, 1.82) is 0 Å². The second-order valence-electron chi connectivity index (χ2n) is 34.9. The molecular weight excluding hydrogens is 1780 g/mol. The second kappa shape index (κ2) is 50.3. The summed E-state index contributed by atoms with van der Waals surface area (Å²) < 4.78 is 45.1. The van der Waals surface area contributed by atoms with Gasteiger partial charge in [0.15, 0.2) is 17.5 Å². The number of halogens is 3. The molecule has 18 N–H and O–H groups in total. The van der Waals surface area contributed by atoms with Crippen LogP contribution in [0.1, 0.15) is 124 Å². The van der Waals surface area contributed by atoms with Gasteiger partial charge in [0.1, 0.15) is 84.3 Å². The number of aromatic amines is 1. The number of nitrogens with two attached hydrogens (primary N) is 3. The van der Waals surface area contributed by atoms with Crippen LogP contribution in [-0.2, 0) is 117 Å². The van der Waals surface area contributed by atoms with E-state index in [1.807, 2.05) is 6.92 Å². The molecule has 6 aromatic carbocycles. The van der Waals surface area contributed by atoms with Crippen LogP contribution in [0.3, 0.4) is 0 Å². The number of likely N-dealkylation sites (N-methyl/N-ethyl adjacent to an activating group) is 3. The van der Waals surface area contributed by atoms with Crippen LogP contribution in [0.25, 0.3) is 10.9 Å². The number of nitrogens with zero attached hydrogens (tertiary/aromatic N) is 5. The first kappa shape index (κ1) is 105. The number of aliphatic hydroxyl groups is 1. The molecule has 0 aliphatic carbocycles. The lowest BCUT2D eigenvalue weighted by molar-refractivity contribution is -0.152. The van der Waals surface area contributed by atoms with Crippen LogP contribution in [0.5, 0.6) is 5.75 Å². The zero-order valence-electron chi connectivity index (χ0n) is 77.0. The maximum Gasteiger partial charge on any atom is 0.246 e. The van der Waals surface area contributed by atoms with Crippen molar-refractivity contribution in [2.75, 3.05) is 65.4 Å². The van der Waals surface area contributed by atoms with Gasteiger partial charge in [0.25, 0.3) is 0 Å². The van der Waals surface area contributed by atoms with Crippen molar-refractivity contribution in [2.45, 2.75) is 209 Å². The summed E-state index contributed by atoms with van der Waals surface area (Å²) in [4.78, 5) is 235. The van der Waals surface area contributed by atoms with E-state index in [1.54, 1.807) is 129 Å². The zero-order valence-corrected chi connectivity index (χ0v) is 77.8. The van der Waals surface area contributed by atoms with Gasteiger partial charge in [0, 0.05) is 102 Å². The fraction of sp³-hybridized carbons (Fsp3) is 0.454. The third kappa shape index (κ3) is 28.4. The molecule has 3 saturated heterocycles. The number of unbranched alkanes of at least 4 members (excludes halogenated alkanes) is 2. The molecule has 1 aromatic heterocycles. The van der Waals surface area contributed by atoms with Gasteiger partial charge < -0.3 is 105 Å². The number of amides is 15. The predicted molar refractivity (Wildman–Crippen MR) is 501 cm³/mol. The van der Waals surface area contributed by atoms with Gasteiger partial charge in [-0.2, -0.15) is 0 Å². The molecule has 3 aliphatic heterocycles. The van der Waals surface area contributed by atoms with Gasteiger partial charge >= 0.3 is 0 Å². The zero-order chi connectivity index (χ0) is 98.6. The summed E-state index contributed by atoms with van der Waals surface area (Å²) in [7, 11) is 3.88. The Morgan fingerprint density at radius 1 is 0.493 bits per heavy atom. The third-order valence-corrected chi connectivity index (χ3v) is 25.8. The van der Waals surface area contributed by atoms with Crippen LogP contribution in [-0.4, -0.2) is 272 Å². The van der Waals surface area contributed by atoms with Crippen LogP contribution in [0.4, 0.5) is 13.2 Å². The highest BCUT2D eigenvalue weighted by atomic mass is 32.2. The van der Waals surface area contributed by atoms with E-state index in [0.29, 0.717) is 75.5 Å². The van der Waals surface area contributed by atoms with E-state index in [2.05, 4.69) is 52.8 Å². The van der Waals surface area contributed by atoms with Gasteiger partial charge in [-0.25, -0.2) is 13.2 Å². The number of H-pyrrole nitrogens is 1. The topological polar surface area (TPSA) is 515 Å². The fourth-order valence-electron chi connectivity index (χ4n) is 17.1. The minimum atomic E-state index is -1.85. The van der Waals surface area contributed by atoms with Gasteiger partial charge in [-0.1, -0.05) is 149 Å². The number of phenolic OH excluding ortho intramolecular Hbond substituents is 1. The molecule has 136 heavy (non-hydrogen) atoms. The number of thioether (sulfide) groups is 1. The molecule has 0 unspecified atom stereocenters. The molecule has 10 rings (SSSR count). The maximum absolute atomic E-state index is 15.9. The quantitative estimate of drug-likeness (QED) is 0.0288. The highest BCUT2D eigenvalue weighted by Gasteiger charge is 2.46. The Morgan fingerprint density at radius 2 is 0.985 bits per heavy atom. The first-order chi connectivity index (χ1) is 65.1. The Balaban J connectivity index is 1.05. The first-order valence-corrected chi connectivity index (χ1v) is 46.9. The van der Waals surface area contributed by atoms with Crippen LogP contribution < -0.4 is 65.1 Å². The summed E-state index contributed by atoms with van der Waals surface area (Å²) in [5, 5.41) is 46.2. The summed E-state index contributed by atoms with van der Waals surface area (Å²) in [6.45, 7) is 3.45. The molecule has 3 fully saturated rings. The van der Waals surface area contributed by atoms with Gasteiger partial charge in [-0.15, -0.1) is 11.8 Å². The number of hydrogen-bond donors (Lipinski definition) is 15. The number of para-hydroxylation sites is 1. The lowest BCUT2D eigenvalue weighted by Crippen LogP contribution is -2.62. The molecule has 35 nitrogen and oxygen atoms in total. The Morgan fingerprint density at radius 3 is 1.57 bits per heavy atom. The van der Waals surface area contributed by atoms with Crippen molar-refractivity contribution < 1.29 is 95.3 Å². The number of aromatic nitrogens is 1. The van der Waals surface area contributed by atoms with Crippen LogP contribution >= 0.6 is 11.8 Å². The Hall–Kier alpha value is -13.3. The van der Waals surface area contributed by atoms with Gasteiger partial charge in [0.2, 0.25) is 88.6 Å². The molecular formula is C97H123F3N18O17S. The number of fused-ring (bicyclic) bond motifs is 3. The number of aromatic hydroxyl groups is 1. The fourth-order valence-corrected chi connectivity index (χ4v) is 17.9. The highest BCUT2D eigenvalue weighted by Crippen LogP contribution is 2.29. The standard InChI is InChI=1S/C97H123F3N18O17S/c1-7-8-28-78-96(134)118-41-20-30-77(118)91(129)111-74(53-119)89(127)113-84(56(2)3)97(135)115(5)79(47-57-21-11-9-12-22-57)92(130)110-73(45-59-31-33-61(50-102)34-32-59)94(132)117-40-19-29-76(117)90(128)109-71(49-63-51-104-68-26-16-15-25-65(63)68)88(126)108-70(44-60-35-37-64(120)38-36-60)87(125)107-69(27-17-18-39-101)86(124)112-75(85(123)105-52-81(103)121)54-136-55-82(122)106-72(46-62-42-66(98)83(100)67(99)43-62)93(131)116(6)80(95(133)114(78)4)48-58-23-13-10-14-24-58/h9-16,21-26,31-38,42-43,51,56,69-80,84,104,119-120H,7-8,17-20,27-30,39-41,44-50,52-55,101-102H2,1-6H3,(H2,103,121)(H,105,123)(H,106,122)(H,107,125)(H,108,126)(H,109,128)(H,110,130)(H,111,129)(H,112,124)(H,113,127)/t69-,70-,71-,72-,73-,74-,75-,76+,77+,78-,79-,80-,84-/m0/s1. The van der Waals surface area contributed by atoms with Crippen LogP contribution in [0, 0.1) is 23.4 Å². The number of benzene rings is 6. The minimum Gasteiger partial charge on any atom is -0.508 e. The summed E-state index contributed by atoms with van der Waals surface area (Å²) >= 11 is 0.684. The molecule has 13 atom stereocenters. The summed E-state index contributed by atoms with van der Waals surface area (Å²) in [6, 6.07) is 17.6. The maximum atomic E-state index is 15.9. The third-order valence-electron chi connectivity index (χ3n) is 24.8. The number of rotatable bonds is 25. The number of primary amides is 1. The molecule has 7 aromatic rings. The molecule has 0 bridgehead atoms. The number of phenols is 1. The molecule has 3 aliphatic rings. The Kier molecular flexibility index (Phi) is 38.8. The SMILES string of the molecule is CCCC[C@H]1C(=O)N2CCC[C@@H]2C(=O)N[C@@H](CO)C(=O)N[C@@H](C(C)C)C(=O)N(C)[C@@H](Cc2ccccc2)C(=O)N[C@@H](Cc2ccc(CN)cc2)C(=O)N2CCC[C@@H]2C(=O)N[C@@H](Cc2c[nH]c3ccccc23)C(=O)N[C@@H](Cc2ccc(O)cc2)C(=O)N[C@@H](CCCCN)C(=O)N[C@H](C(=O)NCC(N)=O)CSCC(=O)N[C@@H](Cc2cc(F)c(F)c(F)c2)C(=O)N(C)[C@@H](Cc2ccccc2)C(=O)N1C.